The van der Waals surface area contributed by atoms with Gasteiger partial charge in [-0.3, -0.25) is 4.99 Å². The maximum Gasteiger partial charge on any atom is 0.206 e. The average molecular weight is 382 g/mol. The van der Waals surface area contributed by atoms with Gasteiger partial charge in [-0.2, -0.15) is 0 Å². The van der Waals surface area contributed by atoms with Crippen molar-refractivity contribution in [3.05, 3.63) is 72.5 Å². The van der Waals surface area contributed by atoms with Crippen LogP contribution in [0.15, 0.2) is 85.9 Å². The standard InChI is InChI=1S/C21H22N2O3S/c1-3-23(4-2)21-15-12-18(26-21)16-22-17-10-13-20(14-11-17)27(24,25)19-8-6-5-7-9-19/h5-16H,3-4H2,1-2H3. The lowest BCUT2D eigenvalue weighted by molar-refractivity contribution is 0.544. The molecule has 2 aromatic carbocycles. The molecule has 5 nitrogen and oxygen atoms in total. The molecule has 0 saturated heterocycles. The minimum absolute atomic E-state index is 0.245. The fourth-order valence-electron chi connectivity index (χ4n) is 2.70. The quantitative estimate of drug-likeness (QED) is 0.555. The number of rotatable bonds is 7. The van der Waals surface area contributed by atoms with Gasteiger partial charge < -0.3 is 9.32 Å². The molecule has 0 aliphatic carbocycles. The van der Waals surface area contributed by atoms with Crippen molar-refractivity contribution in [1.82, 2.24) is 0 Å². The molecular formula is C21H22N2O3S. The number of hydrogen-bond acceptors (Lipinski definition) is 5. The molecule has 0 aliphatic rings. The number of benzene rings is 2. The first kappa shape index (κ1) is 18.9. The van der Waals surface area contributed by atoms with Crippen molar-refractivity contribution < 1.29 is 12.8 Å². The Kier molecular flexibility index (Phi) is 5.76. The molecular weight excluding hydrogens is 360 g/mol. The predicted octanol–water partition coefficient (Wildman–Crippen LogP) is 4.71. The lowest BCUT2D eigenvalue weighted by atomic mass is 10.3. The van der Waals surface area contributed by atoms with Crippen LogP contribution in [0.3, 0.4) is 0 Å². The molecule has 6 heteroatoms. The number of anilines is 1. The van der Waals surface area contributed by atoms with Crippen LogP contribution in [0.25, 0.3) is 0 Å². The van der Waals surface area contributed by atoms with Crippen molar-refractivity contribution in [2.24, 2.45) is 4.99 Å². The second kappa shape index (κ2) is 8.22. The number of furan rings is 1. The lowest BCUT2D eigenvalue weighted by Gasteiger charge is -2.16. The molecule has 0 N–H and O–H groups in total. The van der Waals surface area contributed by atoms with E-state index in [1.54, 1.807) is 60.8 Å². The van der Waals surface area contributed by atoms with E-state index in [4.69, 9.17) is 4.42 Å². The van der Waals surface area contributed by atoms with Crippen molar-refractivity contribution in [2.75, 3.05) is 18.0 Å². The van der Waals surface area contributed by atoms with Crippen LogP contribution in [0.1, 0.15) is 19.6 Å². The third-order valence-electron chi connectivity index (χ3n) is 4.23. The van der Waals surface area contributed by atoms with E-state index in [0.717, 1.165) is 19.0 Å². The number of aliphatic imine (C=N–C) groups is 1. The summed E-state index contributed by atoms with van der Waals surface area (Å²) in [5.74, 6) is 1.46. The highest BCUT2D eigenvalue weighted by atomic mass is 32.2. The van der Waals surface area contributed by atoms with E-state index < -0.39 is 9.84 Å². The maximum atomic E-state index is 12.6. The third kappa shape index (κ3) is 4.28. The minimum Gasteiger partial charge on any atom is -0.440 e. The Bertz CT molecular complexity index is 1000. The van der Waals surface area contributed by atoms with Crippen molar-refractivity contribution in [2.45, 2.75) is 23.6 Å². The Labute approximate surface area is 159 Å². The fourth-order valence-corrected chi connectivity index (χ4v) is 3.98. The molecule has 0 unspecified atom stereocenters. The second-order valence-corrected chi connectivity index (χ2v) is 7.87. The molecule has 0 aliphatic heterocycles. The fraction of sp³-hybridized carbons (Fsp3) is 0.190. The van der Waals surface area contributed by atoms with Gasteiger partial charge in [-0.25, -0.2) is 8.42 Å². The molecule has 0 radical (unpaired) electrons. The first-order valence-electron chi connectivity index (χ1n) is 8.83. The first-order valence-corrected chi connectivity index (χ1v) is 10.3. The van der Waals surface area contributed by atoms with E-state index in [9.17, 15) is 8.42 Å². The summed E-state index contributed by atoms with van der Waals surface area (Å²) in [6, 6.07) is 18.7. The van der Waals surface area contributed by atoms with E-state index in [1.807, 2.05) is 12.1 Å². The highest BCUT2D eigenvalue weighted by Crippen LogP contribution is 2.23. The molecule has 0 amide bonds. The van der Waals surface area contributed by atoms with E-state index in [2.05, 4.69) is 23.7 Å². The van der Waals surface area contributed by atoms with E-state index >= 15 is 0 Å². The van der Waals surface area contributed by atoms with Gasteiger partial charge in [0.2, 0.25) is 9.84 Å². The molecule has 0 fully saturated rings. The number of sulfone groups is 1. The van der Waals surface area contributed by atoms with Crippen LogP contribution in [0.2, 0.25) is 0 Å². The first-order chi connectivity index (χ1) is 13.0. The minimum atomic E-state index is -3.51. The molecule has 1 heterocycles. The summed E-state index contributed by atoms with van der Waals surface area (Å²) in [7, 11) is -3.51. The normalized spacial score (nSPS) is 11.8. The molecule has 3 aromatic rings. The molecule has 1 aromatic heterocycles. The summed E-state index contributed by atoms with van der Waals surface area (Å²) in [6.45, 7) is 5.89. The summed E-state index contributed by atoms with van der Waals surface area (Å²) in [6.07, 6.45) is 1.63. The topological polar surface area (TPSA) is 62.9 Å². The molecule has 27 heavy (non-hydrogen) atoms. The van der Waals surface area contributed by atoms with Crippen LogP contribution in [-0.4, -0.2) is 27.7 Å². The van der Waals surface area contributed by atoms with Gasteiger partial charge in [0.05, 0.1) is 21.7 Å². The average Bonchev–Trinajstić information content (AvgIpc) is 3.17. The van der Waals surface area contributed by atoms with Crippen molar-refractivity contribution in [3.63, 3.8) is 0 Å². The molecule has 0 spiro atoms. The Morgan fingerprint density at radius 3 is 2.15 bits per heavy atom. The van der Waals surface area contributed by atoms with Crippen molar-refractivity contribution >= 4 is 27.6 Å². The number of hydrogen-bond donors (Lipinski definition) is 0. The van der Waals surface area contributed by atoms with Crippen LogP contribution < -0.4 is 4.90 Å². The second-order valence-electron chi connectivity index (χ2n) is 5.92. The van der Waals surface area contributed by atoms with Gasteiger partial charge >= 0.3 is 0 Å². The highest BCUT2D eigenvalue weighted by Gasteiger charge is 2.16. The molecule has 0 saturated carbocycles. The molecule has 140 valence electrons. The van der Waals surface area contributed by atoms with E-state index in [1.165, 1.54) is 0 Å². The van der Waals surface area contributed by atoms with Crippen LogP contribution in [0.4, 0.5) is 11.6 Å². The van der Waals surface area contributed by atoms with Crippen LogP contribution in [-0.2, 0) is 9.84 Å². The van der Waals surface area contributed by atoms with Gasteiger partial charge in [0.1, 0.15) is 5.76 Å². The van der Waals surface area contributed by atoms with E-state index in [-0.39, 0.29) is 9.79 Å². The maximum absolute atomic E-state index is 12.6. The Morgan fingerprint density at radius 1 is 0.889 bits per heavy atom. The summed E-state index contributed by atoms with van der Waals surface area (Å²) in [5.41, 5.74) is 0.655. The molecule has 0 atom stereocenters. The smallest absolute Gasteiger partial charge is 0.206 e. The van der Waals surface area contributed by atoms with Gasteiger partial charge in [-0.1, -0.05) is 18.2 Å². The SMILES string of the molecule is CCN(CC)c1ccc(C=Nc2ccc(S(=O)(=O)c3ccccc3)cc2)o1. The number of nitrogens with zero attached hydrogens (tertiary/aromatic N) is 2. The van der Waals surface area contributed by atoms with Crippen LogP contribution in [0.5, 0.6) is 0 Å². The van der Waals surface area contributed by atoms with Crippen molar-refractivity contribution in [1.29, 1.82) is 0 Å². The third-order valence-corrected chi connectivity index (χ3v) is 6.01. The monoisotopic (exact) mass is 382 g/mol. The predicted molar refractivity (Wildman–Crippen MR) is 108 cm³/mol. The molecule has 0 bridgehead atoms. The summed E-state index contributed by atoms with van der Waals surface area (Å²) in [4.78, 5) is 7.00. The Hall–Kier alpha value is -2.86. The zero-order chi connectivity index (χ0) is 19.3. The van der Waals surface area contributed by atoms with Gasteiger partial charge in [0, 0.05) is 19.2 Å². The Morgan fingerprint density at radius 2 is 1.52 bits per heavy atom. The largest absolute Gasteiger partial charge is 0.440 e. The highest BCUT2D eigenvalue weighted by molar-refractivity contribution is 7.91. The van der Waals surface area contributed by atoms with Crippen LogP contribution in [0, 0.1) is 0 Å². The lowest BCUT2D eigenvalue weighted by Crippen LogP contribution is -2.20. The summed E-state index contributed by atoms with van der Waals surface area (Å²) >= 11 is 0. The Balaban J connectivity index is 1.76. The molecule has 3 rings (SSSR count). The van der Waals surface area contributed by atoms with Gasteiger partial charge in [-0.15, -0.1) is 0 Å². The van der Waals surface area contributed by atoms with Gasteiger partial charge in [0.15, 0.2) is 5.88 Å². The zero-order valence-electron chi connectivity index (χ0n) is 15.4. The van der Waals surface area contributed by atoms with Gasteiger partial charge in [0.25, 0.3) is 0 Å². The van der Waals surface area contributed by atoms with Crippen molar-refractivity contribution in [3.8, 4) is 0 Å². The van der Waals surface area contributed by atoms with Gasteiger partial charge in [-0.05, 0) is 56.3 Å². The van der Waals surface area contributed by atoms with E-state index in [0.29, 0.717) is 11.4 Å². The van der Waals surface area contributed by atoms with Crippen LogP contribution >= 0.6 is 0 Å². The zero-order valence-corrected chi connectivity index (χ0v) is 16.2. The summed E-state index contributed by atoms with van der Waals surface area (Å²) < 4.78 is 30.9. The summed E-state index contributed by atoms with van der Waals surface area (Å²) in [5, 5.41) is 0.